The highest BCUT2D eigenvalue weighted by Crippen LogP contribution is 2.04. The predicted octanol–water partition coefficient (Wildman–Crippen LogP) is 1.16. The van der Waals surface area contributed by atoms with Crippen LogP contribution in [0.15, 0.2) is 24.3 Å². The Hall–Kier alpha value is -2.48. The van der Waals surface area contributed by atoms with Gasteiger partial charge in [-0.3, -0.25) is 0 Å². The van der Waals surface area contributed by atoms with Crippen molar-refractivity contribution in [3.63, 3.8) is 0 Å². The maximum atomic E-state index is 11.5. The molecule has 0 aliphatic carbocycles. The van der Waals surface area contributed by atoms with E-state index < -0.39 is 5.97 Å². The molecule has 94 valence electrons. The van der Waals surface area contributed by atoms with Crippen LogP contribution in [0.2, 0.25) is 0 Å². The van der Waals surface area contributed by atoms with Crippen LogP contribution in [0.3, 0.4) is 0 Å². The number of carbonyl (C=O) groups excluding carboxylic acids is 1. The van der Waals surface area contributed by atoms with E-state index >= 15 is 0 Å². The third-order valence-corrected chi connectivity index (χ3v) is 2.32. The molecular weight excluding hydrogens is 232 g/mol. The summed E-state index contributed by atoms with van der Waals surface area (Å²) >= 11 is 0. The highest BCUT2D eigenvalue weighted by molar-refractivity contribution is 5.87. The monoisotopic (exact) mass is 246 g/mol. The predicted molar refractivity (Wildman–Crippen MR) is 67.1 cm³/mol. The number of rotatable bonds is 4. The van der Waals surface area contributed by atoms with E-state index in [0.29, 0.717) is 6.54 Å². The number of carboxylic acid groups (broad SMARTS) is 1. The van der Waals surface area contributed by atoms with Crippen molar-refractivity contribution in [2.24, 2.45) is 0 Å². The molecule has 5 heteroatoms. The Labute approximate surface area is 105 Å². The fourth-order valence-corrected chi connectivity index (χ4v) is 1.29. The number of nitrogens with zero attached hydrogens (tertiary/aromatic N) is 1. The van der Waals surface area contributed by atoms with Gasteiger partial charge >= 0.3 is 12.0 Å². The molecule has 0 radical (unpaired) electrons. The first-order valence-corrected chi connectivity index (χ1v) is 5.29. The van der Waals surface area contributed by atoms with Crippen molar-refractivity contribution >= 4 is 12.0 Å². The average Bonchev–Trinajstić information content (AvgIpc) is 2.36. The van der Waals surface area contributed by atoms with Crippen molar-refractivity contribution in [1.29, 1.82) is 0 Å². The van der Waals surface area contributed by atoms with Crippen molar-refractivity contribution in [3.05, 3.63) is 35.4 Å². The van der Waals surface area contributed by atoms with Crippen LogP contribution in [-0.2, 0) is 6.54 Å². The van der Waals surface area contributed by atoms with Gasteiger partial charge in [-0.1, -0.05) is 18.1 Å². The Kier molecular flexibility index (Phi) is 4.76. The van der Waals surface area contributed by atoms with E-state index in [0.717, 1.165) is 5.56 Å². The molecule has 0 bridgehead atoms. The molecule has 1 rings (SSSR count). The van der Waals surface area contributed by atoms with Gasteiger partial charge in [0.25, 0.3) is 0 Å². The van der Waals surface area contributed by atoms with Crippen molar-refractivity contribution in [2.75, 3.05) is 13.6 Å². The van der Waals surface area contributed by atoms with Crippen molar-refractivity contribution in [3.8, 4) is 12.3 Å². The zero-order valence-corrected chi connectivity index (χ0v) is 10.0. The first-order valence-electron chi connectivity index (χ1n) is 5.29. The second-order valence-electron chi connectivity index (χ2n) is 3.72. The molecule has 0 spiro atoms. The highest BCUT2D eigenvalue weighted by atomic mass is 16.4. The molecule has 0 atom stereocenters. The van der Waals surface area contributed by atoms with E-state index in [9.17, 15) is 9.59 Å². The van der Waals surface area contributed by atoms with Crippen LogP contribution in [-0.4, -0.2) is 35.6 Å². The van der Waals surface area contributed by atoms with E-state index in [4.69, 9.17) is 11.5 Å². The third kappa shape index (κ3) is 3.83. The van der Waals surface area contributed by atoms with Gasteiger partial charge in [0.05, 0.1) is 12.1 Å². The summed E-state index contributed by atoms with van der Waals surface area (Å²) in [6.07, 6.45) is 5.09. The summed E-state index contributed by atoms with van der Waals surface area (Å²) in [5.74, 6) is 1.39. The molecule has 1 aromatic rings. The molecule has 2 amide bonds. The summed E-state index contributed by atoms with van der Waals surface area (Å²) in [5.41, 5.74) is 1.04. The number of nitrogens with one attached hydrogen (secondary N) is 1. The van der Waals surface area contributed by atoms with Crippen LogP contribution in [0, 0.1) is 12.3 Å². The van der Waals surface area contributed by atoms with Gasteiger partial charge in [0, 0.05) is 13.6 Å². The van der Waals surface area contributed by atoms with Gasteiger partial charge in [-0.25, -0.2) is 9.59 Å². The first-order chi connectivity index (χ1) is 8.54. The molecule has 0 heterocycles. The number of carbonyl (C=O) groups is 2. The summed E-state index contributed by atoms with van der Waals surface area (Å²) in [7, 11) is 1.60. The fourth-order valence-electron chi connectivity index (χ4n) is 1.29. The summed E-state index contributed by atoms with van der Waals surface area (Å²) in [6, 6.07) is 6.04. The molecule has 0 fully saturated rings. The molecule has 0 aromatic heterocycles. The lowest BCUT2D eigenvalue weighted by Crippen LogP contribution is -2.36. The first kappa shape index (κ1) is 13.6. The lowest BCUT2D eigenvalue weighted by atomic mass is 10.1. The van der Waals surface area contributed by atoms with Crippen molar-refractivity contribution in [2.45, 2.75) is 6.54 Å². The molecule has 0 unspecified atom stereocenters. The summed E-state index contributed by atoms with van der Waals surface area (Å²) < 4.78 is 0. The maximum Gasteiger partial charge on any atom is 0.335 e. The van der Waals surface area contributed by atoms with Gasteiger partial charge in [0.15, 0.2) is 0 Å². The largest absolute Gasteiger partial charge is 0.478 e. The number of amides is 2. The molecule has 0 saturated heterocycles. The zero-order chi connectivity index (χ0) is 13.5. The van der Waals surface area contributed by atoms with Crippen LogP contribution in [0.4, 0.5) is 4.79 Å². The van der Waals surface area contributed by atoms with Crippen LogP contribution in [0.25, 0.3) is 0 Å². The Morgan fingerprint density at radius 3 is 2.50 bits per heavy atom. The zero-order valence-electron chi connectivity index (χ0n) is 10.0. The van der Waals surface area contributed by atoms with Gasteiger partial charge in [-0.2, -0.15) is 0 Å². The van der Waals surface area contributed by atoms with Gasteiger partial charge in [0.1, 0.15) is 0 Å². The number of urea groups is 1. The second-order valence-corrected chi connectivity index (χ2v) is 3.72. The number of hydrogen-bond donors (Lipinski definition) is 2. The molecule has 1 aromatic carbocycles. The van der Waals surface area contributed by atoms with Crippen LogP contribution >= 0.6 is 0 Å². The number of carboxylic acids is 1. The van der Waals surface area contributed by atoms with Crippen molar-refractivity contribution in [1.82, 2.24) is 10.2 Å². The molecule has 0 saturated carbocycles. The maximum absolute atomic E-state index is 11.5. The van der Waals surface area contributed by atoms with E-state index in [-0.39, 0.29) is 18.1 Å². The Morgan fingerprint density at radius 2 is 2.00 bits per heavy atom. The van der Waals surface area contributed by atoms with Crippen LogP contribution in [0.1, 0.15) is 15.9 Å². The minimum Gasteiger partial charge on any atom is -0.478 e. The topological polar surface area (TPSA) is 69.6 Å². The third-order valence-electron chi connectivity index (χ3n) is 2.32. The SMILES string of the molecule is C#CCN(C)C(=O)NCc1ccc(C(=O)O)cc1. The molecule has 18 heavy (non-hydrogen) atoms. The lowest BCUT2D eigenvalue weighted by Gasteiger charge is -2.14. The van der Waals surface area contributed by atoms with E-state index in [1.165, 1.54) is 17.0 Å². The normalized spacial score (nSPS) is 9.33. The minimum absolute atomic E-state index is 0.217. The molecule has 0 aliphatic rings. The van der Waals surface area contributed by atoms with Gasteiger partial charge < -0.3 is 15.3 Å². The van der Waals surface area contributed by atoms with Crippen LogP contribution < -0.4 is 5.32 Å². The number of hydrogen-bond acceptors (Lipinski definition) is 2. The summed E-state index contributed by atoms with van der Waals surface area (Å²) in [4.78, 5) is 23.5. The fraction of sp³-hybridized carbons (Fsp3) is 0.231. The van der Waals surface area contributed by atoms with Crippen LogP contribution in [0.5, 0.6) is 0 Å². The number of aromatic carboxylic acids is 1. The summed E-state index contributed by atoms with van der Waals surface area (Å²) in [6.45, 7) is 0.567. The Bertz CT molecular complexity index is 474. The van der Waals surface area contributed by atoms with Gasteiger partial charge in [-0.05, 0) is 17.7 Å². The highest BCUT2D eigenvalue weighted by Gasteiger charge is 2.06. The summed E-state index contributed by atoms with van der Waals surface area (Å²) in [5, 5.41) is 11.4. The number of benzene rings is 1. The quantitative estimate of drug-likeness (QED) is 0.783. The smallest absolute Gasteiger partial charge is 0.335 e. The van der Waals surface area contributed by atoms with Gasteiger partial charge in [-0.15, -0.1) is 6.42 Å². The Morgan fingerprint density at radius 1 is 1.39 bits per heavy atom. The van der Waals surface area contributed by atoms with E-state index in [2.05, 4.69) is 11.2 Å². The molecular formula is C13H14N2O3. The minimum atomic E-state index is -0.973. The standard InChI is InChI=1S/C13H14N2O3/c1-3-8-15(2)13(18)14-9-10-4-6-11(7-5-10)12(16)17/h1,4-7H,8-9H2,2H3,(H,14,18)(H,16,17). The molecule has 0 aliphatic heterocycles. The van der Waals surface area contributed by atoms with Crippen molar-refractivity contribution < 1.29 is 14.7 Å². The molecule has 2 N–H and O–H groups in total. The van der Waals surface area contributed by atoms with E-state index in [1.807, 2.05) is 0 Å². The molecule has 5 nitrogen and oxygen atoms in total. The Balaban J connectivity index is 2.51. The van der Waals surface area contributed by atoms with Gasteiger partial charge in [0.2, 0.25) is 0 Å². The average molecular weight is 246 g/mol. The number of terminal acetylenes is 1. The second kappa shape index (κ2) is 6.30. The lowest BCUT2D eigenvalue weighted by molar-refractivity contribution is 0.0697. The van der Waals surface area contributed by atoms with E-state index in [1.54, 1.807) is 19.2 Å².